The predicted octanol–water partition coefficient (Wildman–Crippen LogP) is 3.01. The lowest BCUT2D eigenvalue weighted by Gasteiger charge is -2.32. The Morgan fingerprint density at radius 3 is 2.79 bits per heavy atom. The summed E-state index contributed by atoms with van der Waals surface area (Å²) in [6.45, 7) is 1.97. The predicted molar refractivity (Wildman–Crippen MR) is 79.5 cm³/mol. The maximum atomic E-state index is 5.42. The molecule has 1 fully saturated rings. The van der Waals surface area contributed by atoms with Gasteiger partial charge in [0.2, 0.25) is 0 Å². The van der Waals surface area contributed by atoms with Crippen LogP contribution in [-0.2, 0) is 4.74 Å². The highest BCUT2D eigenvalue weighted by Crippen LogP contribution is 2.28. The highest BCUT2D eigenvalue weighted by atomic mass is 79.9. The van der Waals surface area contributed by atoms with Gasteiger partial charge in [-0.3, -0.25) is 0 Å². The van der Waals surface area contributed by atoms with Crippen LogP contribution in [0.3, 0.4) is 0 Å². The molecule has 0 N–H and O–H groups in total. The molecule has 0 unspecified atom stereocenters. The minimum Gasteiger partial charge on any atom is -0.381 e. The van der Waals surface area contributed by atoms with Crippen molar-refractivity contribution in [2.45, 2.75) is 18.9 Å². The minimum atomic E-state index is 0.385. The highest BCUT2D eigenvalue weighted by Gasteiger charge is 2.21. The molecule has 0 spiro atoms. The van der Waals surface area contributed by atoms with E-state index in [9.17, 15) is 0 Å². The number of fused-ring (bicyclic) bond motifs is 1. The third-order valence-electron chi connectivity index (χ3n) is 3.65. The van der Waals surface area contributed by atoms with Crippen molar-refractivity contribution in [3.8, 4) is 0 Å². The van der Waals surface area contributed by atoms with Crippen LogP contribution < -0.4 is 4.90 Å². The number of piperidine rings is 1. The summed E-state index contributed by atoms with van der Waals surface area (Å²) in [5, 5.41) is 1.10. The Morgan fingerprint density at radius 1 is 1.26 bits per heavy atom. The molecular formula is C14H16BrN3O. The molecule has 2 aromatic rings. The van der Waals surface area contributed by atoms with Gasteiger partial charge in [0.15, 0.2) is 0 Å². The summed E-state index contributed by atoms with van der Waals surface area (Å²) in [6, 6.07) is 6.12. The molecule has 0 atom stereocenters. The van der Waals surface area contributed by atoms with Crippen molar-refractivity contribution < 1.29 is 4.74 Å². The maximum absolute atomic E-state index is 5.42. The molecule has 1 aromatic carbocycles. The quantitative estimate of drug-likeness (QED) is 0.852. The lowest BCUT2D eigenvalue weighted by molar-refractivity contribution is 0.0818. The van der Waals surface area contributed by atoms with Crippen LogP contribution in [0.2, 0.25) is 0 Å². The van der Waals surface area contributed by atoms with Gasteiger partial charge in [-0.2, -0.15) is 0 Å². The van der Waals surface area contributed by atoms with E-state index < -0.39 is 0 Å². The van der Waals surface area contributed by atoms with E-state index in [2.05, 4.69) is 36.9 Å². The lowest BCUT2D eigenvalue weighted by Crippen LogP contribution is -2.37. The normalized spacial score (nSPS) is 17.1. The molecule has 1 aliphatic rings. The third-order valence-corrected chi connectivity index (χ3v) is 4.14. The number of ether oxygens (including phenoxy) is 1. The molecule has 0 aliphatic carbocycles. The van der Waals surface area contributed by atoms with Gasteiger partial charge < -0.3 is 9.64 Å². The van der Waals surface area contributed by atoms with Gasteiger partial charge >= 0.3 is 0 Å². The summed E-state index contributed by atoms with van der Waals surface area (Å²) in [7, 11) is 1.79. The molecule has 1 aliphatic heterocycles. The van der Waals surface area contributed by atoms with Gasteiger partial charge in [0.25, 0.3) is 0 Å². The standard InChI is InChI=1S/C14H16BrN3O/c1-19-11-4-6-18(7-5-11)14-12-8-10(15)2-3-13(12)16-9-17-14/h2-3,8-9,11H,4-7H2,1H3. The van der Waals surface area contributed by atoms with E-state index in [1.165, 1.54) is 0 Å². The zero-order valence-electron chi connectivity index (χ0n) is 10.8. The van der Waals surface area contributed by atoms with E-state index in [0.717, 1.165) is 47.1 Å². The average Bonchev–Trinajstić information content (AvgIpc) is 2.47. The molecule has 3 rings (SSSR count). The molecule has 0 saturated carbocycles. The molecule has 4 nitrogen and oxygen atoms in total. The van der Waals surface area contributed by atoms with Crippen molar-refractivity contribution in [2.24, 2.45) is 0 Å². The van der Waals surface area contributed by atoms with Crippen LogP contribution in [0.15, 0.2) is 29.0 Å². The van der Waals surface area contributed by atoms with Crippen molar-refractivity contribution in [3.63, 3.8) is 0 Å². The van der Waals surface area contributed by atoms with Gasteiger partial charge in [-0.15, -0.1) is 0 Å². The Labute approximate surface area is 120 Å². The molecule has 0 radical (unpaired) electrons. The zero-order chi connectivity index (χ0) is 13.2. The molecule has 0 amide bonds. The fourth-order valence-corrected chi connectivity index (χ4v) is 2.93. The minimum absolute atomic E-state index is 0.385. The number of benzene rings is 1. The molecule has 2 heterocycles. The second kappa shape index (κ2) is 5.43. The van der Waals surface area contributed by atoms with E-state index >= 15 is 0 Å². The lowest BCUT2D eigenvalue weighted by atomic mass is 10.1. The molecule has 5 heteroatoms. The Morgan fingerprint density at radius 2 is 2.05 bits per heavy atom. The Kier molecular flexibility index (Phi) is 3.66. The number of halogens is 1. The molecular weight excluding hydrogens is 306 g/mol. The Hall–Kier alpha value is -1.20. The summed E-state index contributed by atoms with van der Waals surface area (Å²) in [5.74, 6) is 1.03. The molecule has 19 heavy (non-hydrogen) atoms. The van der Waals surface area contributed by atoms with Crippen molar-refractivity contribution in [1.82, 2.24) is 9.97 Å². The first-order valence-electron chi connectivity index (χ1n) is 6.46. The Bertz CT molecular complexity index is 582. The van der Waals surface area contributed by atoms with Gasteiger partial charge in [-0.05, 0) is 31.0 Å². The van der Waals surface area contributed by atoms with E-state index in [-0.39, 0.29) is 0 Å². The Balaban J connectivity index is 1.94. The van der Waals surface area contributed by atoms with E-state index in [0.29, 0.717) is 6.10 Å². The van der Waals surface area contributed by atoms with E-state index in [1.807, 2.05) is 12.1 Å². The van der Waals surface area contributed by atoms with Gasteiger partial charge in [-0.25, -0.2) is 9.97 Å². The average molecular weight is 322 g/mol. The second-order valence-electron chi connectivity index (χ2n) is 4.78. The van der Waals surface area contributed by atoms with Crippen molar-refractivity contribution in [3.05, 3.63) is 29.0 Å². The second-order valence-corrected chi connectivity index (χ2v) is 5.70. The van der Waals surface area contributed by atoms with E-state index in [4.69, 9.17) is 4.74 Å². The van der Waals surface area contributed by atoms with E-state index in [1.54, 1.807) is 13.4 Å². The molecule has 0 bridgehead atoms. The molecule has 1 saturated heterocycles. The van der Waals surface area contributed by atoms with Crippen LogP contribution in [0.1, 0.15) is 12.8 Å². The van der Waals surface area contributed by atoms with Crippen LogP contribution >= 0.6 is 15.9 Å². The molecule has 100 valence electrons. The largest absolute Gasteiger partial charge is 0.381 e. The number of aromatic nitrogens is 2. The monoisotopic (exact) mass is 321 g/mol. The summed E-state index contributed by atoms with van der Waals surface area (Å²) >= 11 is 3.52. The van der Waals surface area contributed by atoms with Crippen molar-refractivity contribution in [1.29, 1.82) is 0 Å². The SMILES string of the molecule is COC1CCN(c2ncnc3ccc(Br)cc23)CC1. The maximum Gasteiger partial charge on any atom is 0.139 e. The first kappa shape index (κ1) is 12.8. The number of anilines is 1. The number of hydrogen-bond acceptors (Lipinski definition) is 4. The third kappa shape index (κ3) is 2.58. The topological polar surface area (TPSA) is 38.2 Å². The van der Waals surface area contributed by atoms with Crippen LogP contribution in [-0.4, -0.2) is 36.3 Å². The van der Waals surface area contributed by atoms with Crippen LogP contribution in [0.5, 0.6) is 0 Å². The first-order chi connectivity index (χ1) is 9.28. The van der Waals surface area contributed by atoms with Gasteiger partial charge in [0, 0.05) is 30.1 Å². The summed E-state index contributed by atoms with van der Waals surface area (Å²) in [5.41, 5.74) is 0.988. The fraction of sp³-hybridized carbons (Fsp3) is 0.429. The summed E-state index contributed by atoms with van der Waals surface area (Å²) in [6.07, 6.45) is 4.14. The number of nitrogens with zero attached hydrogens (tertiary/aromatic N) is 3. The van der Waals surface area contributed by atoms with Gasteiger partial charge in [0.05, 0.1) is 11.6 Å². The molecule has 1 aromatic heterocycles. The number of methoxy groups -OCH3 is 1. The van der Waals surface area contributed by atoms with Crippen molar-refractivity contribution >= 4 is 32.7 Å². The zero-order valence-corrected chi connectivity index (χ0v) is 12.4. The van der Waals surface area contributed by atoms with Gasteiger partial charge in [-0.1, -0.05) is 15.9 Å². The first-order valence-corrected chi connectivity index (χ1v) is 7.25. The summed E-state index contributed by atoms with van der Waals surface area (Å²) < 4.78 is 6.47. The highest BCUT2D eigenvalue weighted by molar-refractivity contribution is 9.10. The van der Waals surface area contributed by atoms with Gasteiger partial charge in [0.1, 0.15) is 12.1 Å². The fourth-order valence-electron chi connectivity index (χ4n) is 2.57. The number of rotatable bonds is 2. The van der Waals surface area contributed by atoms with Crippen molar-refractivity contribution in [2.75, 3.05) is 25.1 Å². The van der Waals surface area contributed by atoms with Crippen LogP contribution in [0.4, 0.5) is 5.82 Å². The number of hydrogen-bond donors (Lipinski definition) is 0. The summed E-state index contributed by atoms with van der Waals surface area (Å²) in [4.78, 5) is 11.1. The van der Waals surface area contributed by atoms with Crippen LogP contribution in [0.25, 0.3) is 10.9 Å². The smallest absolute Gasteiger partial charge is 0.139 e. The van der Waals surface area contributed by atoms with Crippen LogP contribution in [0, 0.1) is 0 Å².